The molecule has 1 N–H and O–H groups in total. The van der Waals surface area contributed by atoms with Crippen molar-refractivity contribution in [2.45, 2.75) is 25.4 Å². The van der Waals surface area contributed by atoms with Gasteiger partial charge in [-0.05, 0) is 30.5 Å². The normalized spacial score (nSPS) is 15.1. The molecule has 4 heteroatoms. The van der Waals surface area contributed by atoms with Crippen LogP contribution in [-0.4, -0.2) is 11.0 Å². The van der Waals surface area contributed by atoms with Gasteiger partial charge >= 0.3 is 0 Å². The predicted molar refractivity (Wildman–Crippen MR) is 72.4 cm³/mol. The molecule has 1 fully saturated rings. The molecule has 1 aromatic heterocycles. The zero-order valence-electron chi connectivity index (χ0n) is 9.32. The molecular formula is C13H13ClN2S. The summed E-state index contributed by atoms with van der Waals surface area (Å²) in [6.07, 6.45) is 4.57. The number of benzene rings is 1. The fourth-order valence-electron chi connectivity index (χ4n) is 1.66. The molecular weight excluding hydrogens is 252 g/mol. The molecule has 0 spiro atoms. The van der Waals surface area contributed by atoms with Crippen molar-refractivity contribution in [1.82, 2.24) is 10.3 Å². The third-order valence-electron chi connectivity index (χ3n) is 2.80. The Hall–Kier alpha value is -0.900. The highest BCUT2D eigenvalue weighted by atomic mass is 35.5. The summed E-state index contributed by atoms with van der Waals surface area (Å²) in [5.41, 5.74) is 1.18. The predicted octanol–water partition coefficient (Wildman–Crippen LogP) is 3.72. The standard InChI is InChI=1S/C13H13ClN2S/c14-10-3-1-9(2-4-10)12-7-16-13(17-12)8-15-11-5-6-11/h1-4,7,11,15H,5-6,8H2. The molecule has 88 valence electrons. The smallest absolute Gasteiger partial charge is 0.107 e. The van der Waals surface area contributed by atoms with Crippen LogP contribution in [0.25, 0.3) is 10.4 Å². The van der Waals surface area contributed by atoms with Gasteiger partial charge in [-0.1, -0.05) is 23.7 Å². The van der Waals surface area contributed by atoms with Gasteiger partial charge in [0.15, 0.2) is 0 Å². The molecule has 0 unspecified atom stereocenters. The Labute approximate surface area is 110 Å². The van der Waals surface area contributed by atoms with Crippen LogP contribution >= 0.6 is 22.9 Å². The van der Waals surface area contributed by atoms with Crippen LogP contribution in [0.5, 0.6) is 0 Å². The van der Waals surface area contributed by atoms with Crippen LogP contribution in [0.2, 0.25) is 5.02 Å². The molecule has 3 rings (SSSR count). The fourth-order valence-corrected chi connectivity index (χ4v) is 2.66. The van der Waals surface area contributed by atoms with Crippen LogP contribution in [0.3, 0.4) is 0 Å². The molecule has 0 radical (unpaired) electrons. The summed E-state index contributed by atoms with van der Waals surface area (Å²) in [6, 6.07) is 8.64. The van der Waals surface area contributed by atoms with Gasteiger partial charge in [-0.15, -0.1) is 11.3 Å². The molecule has 1 aliphatic carbocycles. The molecule has 0 amide bonds. The second kappa shape index (κ2) is 4.77. The molecule has 17 heavy (non-hydrogen) atoms. The van der Waals surface area contributed by atoms with Gasteiger partial charge in [0.25, 0.3) is 0 Å². The number of nitrogens with zero attached hydrogens (tertiary/aromatic N) is 1. The Morgan fingerprint density at radius 2 is 2.06 bits per heavy atom. The van der Waals surface area contributed by atoms with Crippen LogP contribution in [0, 0.1) is 0 Å². The zero-order valence-corrected chi connectivity index (χ0v) is 10.9. The Bertz CT molecular complexity index is 502. The minimum absolute atomic E-state index is 0.734. The van der Waals surface area contributed by atoms with Crippen LogP contribution in [0.4, 0.5) is 0 Å². The summed E-state index contributed by atoms with van der Waals surface area (Å²) in [5, 5.41) is 5.40. The lowest BCUT2D eigenvalue weighted by Crippen LogP contribution is -2.14. The first kappa shape index (κ1) is 11.2. The lowest BCUT2D eigenvalue weighted by atomic mass is 10.2. The van der Waals surface area contributed by atoms with E-state index in [0.29, 0.717) is 0 Å². The second-order valence-electron chi connectivity index (χ2n) is 4.28. The van der Waals surface area contributed by atoms with Gasteiger partial charge in [0.1, 0.15) is 5.01 Å². The largest absolute Gasteiger partial charge is 0.308 e. The lowest BCUT2D eigenvalue weighted by Gasteiger charge is -1.97. The highest BCUT2D eigenvalue weighted by Crippen LogP contribution is 2.27. The summed E-state index contributed by atoms with van der Waals surface area (Å²) in [6.45, 7) is 0.892. The van der Waals surface area contributed by atoms with E-state index in [1.54, 1.807) is 11.3 Å². The SMILES string of the molecule is Clc1ccc(-c2cnc(CNC3CC3)s2)cc1. The monoisotopic (exact) mass is 264 g/mol. The fraction of sp³-hybridized carbons (Fsp3) is 0.308. The van der Waals surface area contributed by atoms with Crippen LogP contribution in [-0.2, 0) is 6.54 Å². The maximum absolute atomic E-state index is 5.87. The molecule has 0 atom stereocenters. The third-order valence-corrected chi connectivity index (χ3v) is 4.10. The Morgan fingerprint density at radius 1 is 1.29 bits per heavy atom. The maximum Gasteiger partial charge on any atom is 0.107 e. The van der Waals surface area contributed by atoms with Gasteiger partial charge in [0.05, 0.1) is 4.88 Å². The van der Waals surface area contributed by atoms with Crippen molar-refractivity contribution < 1.29 is 0 Å². The molecule has 2 nitrogen and oxygen atoms in total. The number of nitrogens with one attached hydrogen (secondary N) is 1. The number of hydrogen-bond acceptors (Lipinski definition) is 3. The van der Waals surface area contributed by atoms with Gasteiger partial charge in [-0.2, -0.15) is 0 Å². The average molecular weight is 265 g/mol. The first-order valence-electron chi connectivity index (χ1n) is 5.75. The van der Waals surface area contributed by atoms with Crippen molar-refractivity contribution in [3.05, 3.63) is 40.5 Å². The van der Waals surface area contributed by atoms with Crippen LogP contribution in [0.1, 0.15) is 17.8 Å². The van der Waals surface area contributed by atoms with E-state index in [0.717, 1.165) is 22.6 Å². The molecule has 2 aromatic rings. The van der Waals surface area contributed by atoms with Crippen molar-refractivity contribution in [2.24, 2.45) is 0 Å². The second-order valence-corrected chi connectivity index (χ2v) is 5.83. The van der Waals surface area contributed by atoms with Crippen molar-refractivity contribution in [1.29, 1.82) is 0 Å². The van der Waals surface area contributed by atoms with Gasteiger partial charge < -0.3 is 5.32 Å². The molecule has 1 aliphatic rings. The molecule has 0 aliphatic heterocycles. The van der Waals surface area contributed by atoms with Crippen molar-refractivity contribution >= 4 is 22.9 Å². The zero-order chi connectivity index (χ0) is 11.7. The molecule has 0 bridgehead atoms. The Morgan fingerprint density at radius 3 is 2.76 bits per heavy atom. The molecule has 1 saturated carbocycles. The lowest BCUT2D eigenvalue weighted by molar-refractivity contribution is 0.684. The molecule has 1 heterocycles. The highest BCUT2D eigenvalue weighted by Gasteiger charge is 2.20. The van der Waals surface area contributed by atoms with Crippen LogP contribution < -0.4 is 5.32 Å². The Balaban J connectivity index is 1.72. The summed E-state index contributed by atoms with van der Waals surface area (Å²) >= 11 is 7.62. The topological polar surface area (TPSA) is 24.9 Å². The average Bonchev–Trinajstić information content (AvgIpc) is 3.06. The summed E-state index contributed by atoms with van der Waals surface area (Å²) in [5.74, 6) is 0. The number of hydrogen-bond donors (Lipinski definition) is 1. The van der Waals surface area contributed by atoms with Gasteiger partial charge in [0, 0.05) is 23.8 Å². The number of thiazole rings is 1. The van der Waals surface area contributed by atoms with E-state index in [1.807, 2.05) is 30.5 Å². The summed E-state index contributed by atoms with van der Waals surface area (Å²) in [4.78, 5) is 5.64. The van der Waals surface area contributed by atoms with Gasteiger partial charge in [-0.3, -0.25) is 0 Å². The quantitative estimate of drug-likeness (QED) is 0.911. The maximum atomic E-state index is 5.87. The highest BCUT2D eigenvalue weighted by molar-refractivity contribution is 7.15. The van der Waals surface area contributed by atoms with E-state index in [4.69, 9.17) is 11.6 Å². The van der Waals surface area contributed by atoms with E-state index < -0.39 is 0 Å². The van der Waals surface area contributed by atoms with Gasteiger partial charge in [-0.25, -0.2) is 4.98 Å². The molecule has 0 saturated heterocycles. The van der Waals surface area contributed by atoms with Gasteiger partial charge in [0.2, 0.25) is 0 Å². The Kier molecular flexibility index (Phi) is 3.14. The van der Waals surface area contributed by atoms with E-state index >= 15 is 0 Å². The van der Waals surface area contributed by atoms with E-state index in [2.05, 4.69) is 10.3 Å². The van der Waals surface area contributed by atoms with Crippen molar-refractivity contribution in [3.8, 4) is 10.4 Å². The molecule has 1 aromatic carbocycles. The number of aromatic nitrogens is 1. The minimum atomic E-state index is 0.734. The third kappa shape index (κ3) is 2.86. The first-order valence-corrected chi connectivity index (χ1v) is 6.95. The van der Waals surface area contributed by atoms with Crippen molar-refractivity contribution in [3.63, 3.8) is 0 Å². The summed E-state index contributed by atoms with van der Waals surface area (Å²) < 4.78 is 0. The van der Waals surface area contributed by atoms with Crippen LogP contribution in [0.15, 0.2) is 30.5 Å². The van der Waals surface area contributed by atoms with E-state index in [-0.39, 0.29) is 0 Å². The van der Waals surface area contributed by atoms with Crippen molar-refractivity contribution in [2.75, 3.05) is 0 Å². The number of rotatable bonds is 4. The minimum Gasteiger partial charge on any atom is -0.308 e. The summed E-state index contributed by atoms with van der Waals surface area (Å²) in [7, 11) is 0. The number of halogens is 1. The van der Waals surface area contributed by atoms with E-state index in [1.165, 1.54) is 23.3 Å². The van der Waals surface area contributed by atoms with E-state index in [9.17, 15) is 0 Å². The first-order chi connectivity index (χ1) is 8.31.